The zero-order valence-corrected chi connectivity index (χ0v) is 11.1. The summed E-state index contributed by atoms with van der Waals surface area (Å²) in [6.07, 6.45) is 0. The van der Waals surface area contributed by atoms with Crippen molar-refractivity contribution in [1.29, 1.82) is 0 Å². The fourth-order valence-corrected chi connectivity index (χ4v) is 2.57. The number of hydrogen-bond donors (Lipinski definition) is 0. The molecule has 4 heteroatoms. The third kappa shape index (κ3) is 3.10. The molecule has 78 valence electrons. The molecule has 14 heavy (non-hydrogen) atoms. The maximum Gasteiger partial charge on any atom is 0.349 e. The smallest absolute Gasteiger partial charge is 0.349 e. The largest absolute Gasteiger partial charge is 0.456 e. The summed E-state index contributed by atoms with van der Waals surface area (Å²) < 4.78 is 6.22. The van der Waals surface area contributed by atoms with E-state index in [9.17, 15) is 4.79 Å². The average Bonchev–Trinajstić information content (AvgIpc) is 2.26. The molecule has 0 bridgehead atoms. The van der Waals surface area contributed by atoms with Crippen molar-refractivity contribution in [3.05, 3.63) is 20.3 Å². The number of esters is 1. The van der Waals surface area contributed by atoms with Gasteiger partial charge in [-0.25, -0.2) is 4.79 Å². The molecule has 0 saturated carbocycles. The molecule has 0 radical (unpaired) electrons. The van der Waals surface area contributed by atoms with Gasteiger partial charge in [0, 0.05) is 0 Å². The van der Waals surface area contributed by atoms with E-state index in [4.69, 9.17) is 4.74 Å². The second-order valence-corrected chi connectivity index (χ2v) is 6.50. The maximum absolute atomic E-state index is 11.7. The molecule has 1 aromatic rings. The quantitative estimate of drug-likeness (QED) is 0.730. The number of thiophene rings is 1. The fraction of sp³-hybridized carbons (Fsp3) is 0.500. The lowest BCUT2D eigenvalue weighted by atomic mass is 10.2. The topological polar surface area (TPSA) is 26.3 Å². The van der Waals surface area contributed by atoms with Crippen LogP contribution in [-0.4, -0.2) is 11.6 Å². The van der Waals surface area contributed by atoms with Crippen LogP contribution >= 0.6 is 27.3 Å². The minimum Gasteiger partial charge on any atom is -0.456 e. The zero-order chi connectivity index (χ0) is 10.9. The van der Waals surface area contributed by atoms with Crippen LogP contribution in [0, 0.1) is 6.92 Å². The van der Waals surface area contributed by atoms with Crippen molar-refractivity contribution >= 4 is 33.2 Å². The number of hydrogen-bond acceptors (Lipinski definition) is 3. The van der Waals surface area contributed by atoms with E-state index in [0.717, 1.165) is 9.35 Å². The van der Waals surface area contributed by atoms with Gasteiger partial charge >= 0.3 is 5.97 Å². The van der Waals surface area contributed by atoms with Crippen molar-refractivity contribution in [1.82, 2.24) is 0 Å². The second kappa shape index (κ2) is 4.03. The highest BCUT2D eigenvalue weighted by atomic mass is 79.9. The SMILES string of the molecule is Cc1cc(Br)sc1C(=O)OC(C)(C)C. The molecule has 1 heterocycles. The fourth-order valence-electron chi connectivity index (χ4n) is 0.970. The highest BCUT2D eigenvalue weighted by Gasteiger charge is 2.20. The summed E-state index contributed by atoms with van der Waals surface area (Å²) in [6.45, 7) is 7.50. The molecule has 0 aliphatic rings. The van der Waals surface area contributed by atoms with Gasteiger partial charge in [-0.15, -0.1) is 11.3 Å². The Hall–Kier alpha value is -0.350. The summed E-state index contributed by atoms with van der Waals surface area (Å²) in [5.74, 6) is -0.245. The first-order valence-electron chi connectivity index (χ1n) is 4.29. The van der Waals surface area contributed by atoms with Crippen LogP contribution in [0.2, 0.25) is 0 Å². The lowest BCUT2D eigenvalue weighted by Gasteiger charge is -2.19. The van der Waals surface area contributed by atoms with E-state index in [-0.39, 0.29) is 5.97 Å². The first-order valence-corrected chi connectivity index (χ1v) is 5.90. The van der Waals surface area contributed by atoms with Crippen LogP contribution in [-0.2, 0) is 4.74 Å². The Labute approximate surface area is 96.4 Å². The monoisotopic (exact) mass is 276 g/mol. The molecular weight excluding hydrogens is 264 g/mol. The van der Waals surface area contributed by atoms with Crippen LogP contribution in [0.3, 0.4) is 0 Å². The predicted octanol–water partition coefficient (Wildman–Crippen LogP) is 3.77. The second-order valence-electron chi connectivity index (χ2n) is 4.06. The van der Waals surface area contributed by atoms with Gasteiger partial charge in [0.2, 0.25) is 0 Å². The van der Waals surface area contributed by atoms with Gasteiger partial charge in [0.25, 0.3) is 0 Å². The van der Waals surface area contributed by atoms with Crippen molar-refractivity contribution in [3.63, 3.8) is 0 Å². The van der Waals surface area contributed by atoms with Gasteiger partial charge < -0.3 is 4.74 Å². The van der Waals surface area contributed by atoms with Gasteiger partial charge in [-0.05, 0) is 55.3 Å². The Morgan fingerprint density at radius 3 is 2.43 bits per heavy atom. The minimum atomic E-state index is -0.431. The molecular formula is C10H13BrO2S. The van der Waals surface area contributed by atoms with E-state index in [1.165, 1.54) is 11.3 Å². The molecule has 0 saturated heterocycles. The molecule has 1 rings (SSSR count). The Balaban J connectivity index is 2.85. The third-order valence-corrected chi connectivity index (χ3v) is 3.19. The molecule has 0 spiro atoms. The molecule has 0 amide bonds. The van der Waals surface area contributed by atoms with Gasteiger partial charge in [0.1, 0.15) is 10.5 Å². The minimum absolute atomic E-state index is 0.245. The summed E-state index contributed by atoms with van der Waals surface area (Å²) >= 11 is 4.75. The van der Waals surface area contributed by atoms with E-state index < -0.39 is 5.60 Å². The number of aryl methyl sites for hydroxylation is 1. The summed E-state index contributed by atoms with van der Waals surface area (Å²) in [4.78, 5) is 12.3. The van der Waals surface area contributed by atoms with Crippen molar-refractivity contribution in [2.75, 3.05) is 0 Å². The van der Waals surface area contributed by atoms with Gasteiger partial charge in [-0.3, -0.25) is 0 Å². The molecule has 0 atom stereocenters. The summed E-state index contributed by atoms with van der Waals surface area (Å²) in [6, 6.07) is 1.92. The highest BCUT2D eigenvalue weighted by Crippen LogP contribution is 2.28. The molecule has 0 fully saturated rings. The number of halogens is 1. The van der Waals surface area contributed by atoms with E-state index in [1.54, 1.807) is 0 Å². The molecule has 0 aliphatic carbocycles. The first kappa shape index (κ1) is 11.7. The van der Waals surface area contributed by atoms with Gasteiger partial charge in [0.15, 0.2) is 0 Å². The van der Waals surface area contributed by atoms with Crippen LogP contribution in [0.25, 0.3) is 0 Å². The number of ether oxygens (including phenoxy) is 1. The Morgan fingerprint density at radius 1 is 1.50 bits per heavy atom. The molecule has 0 N–H and O–H groups in total. The highest BCUT2D eigenvalue weighted by molar-refractivity contribution is 9.11. The van der Waals surface area contributed by atoms with E-state index in [1.807, 2.05) is 33.8 Å². The molecule has 0 aliphatic heterocycles. The van der Waals surface area contributed by atoms with Gasteiger partial charge in [-0.2, -0.15) is 0 Å². The Morgan fingerprint density at radius 2 is 2.07 bits per heavy atom. The molecule has 0 aromatic carbocycles. The summed E-state index contributed by atoms with van der Waals surface area (Å²) in [7, 11) is 0. The van der Waals surface area contributed by atoms with Gasteiger partial charge in [-0.1, -0.05) is 0 Å². The van der Waals surface area contributed by atoms with Crippen molar-refractivity contribution in [3.8, 4) is 0 Å². The number of rotatable bonds is 1. The average molecular weight is 277 g/mol. The Kier molecular flexibility index (Phi) is 3.37. The predicted molar refractivity (Wildman–Crippen MR) is 61.9 cm³/mol. The van der Waals surface area contributed by atoms with Crippen LogP contribution in [0.5, 0.6) is 0 Å². The van der Waals surface area contributed by atoms with Crippen LogP contribution < -0.4 is 0 Å². The van der Waals surface area contributed by atoms with Crippen molar-refractivity contribution < 1.29 is 9.53 Å². The van der Waals surface area contributed by atoms with E-state index in [2.05, 4.69) is 15.9 Å². The first-order chi connectivity index (χ1) is 6.29. The number of carbonyl (C=O) groups excluding carboxylic acids is 1. The summed E-state index contributed by atoms with van der Waals surface area (Å²) in [5.41, 5.74) is 0.524. The zero-order valence-electron chi connectivity index (χ0n) is 8.68. The van der Waals surface area contributed by atoms with Crippen molar-refractivity contribution in [2.45, 2.75) is 33.3 Å². The van der Waals surface area contributed by atoms with Crippen LogP contribution in [0.15, 0.2) is 9.85 Å². The molecule has 2 nitrogen and oxygen atoms in total. The lowest BCUT2D eigenvalue weighted by molar-refractivity contribution is 0.00746. The maximum atomic E-state index is 11.7. The van der Waals surface area contributed by atoms with Crippen molar-refractivity contribution in [2.24, 2.45) is 0 Å². The summed E-state index contributed by atoms with van der Waals surface area (Å²) in [5, 5.41) is 0. The van der Waals surface area contributed by atoms with E-state index >= 15 is 0 Å². The normalized spacial score (nSPS) is 11.5. The number of carbonyl (C=O) groups is 1. The van der Waals surface area contributed by atoms with Crippen LogP contribution in [0.1, 0.15) is 36.0 Å². The standard InChI is InChI=1S/C10H13BrO2S/c1-6-5-7(11)14-8(6)9(12)13-10(2,3)4/h5H,1-4H3. The lowest BCUT2D eigenvalue weighted by Crippen LogP contribution is -2.23. The van der Waals surface area contributed by atoms with Crippen LogP contribution in [0.4, 0.5) is 0 Å². The Bertz CT molecular complexity index is 349. The molecule has 0 unspecified atom stereocenters. The van der Waals surface area contributed by atoms with Gasteiger partial charge in [0.05, 0.1) is 3.79 Å². The third-order valence-electron chi connectivity index (χ3n) is 1.47. The molecule has 1 aromatic heterocycles. The van der Waals surface area contributed by atoms with E-state index in [0.29, 0.717) is 4.88 Å².